The number of amides is 1. The number of nitrogens with zero attached hydrogens (tertiary/aromatic N) is 1. The van der Waals surface area contributed by atoms with Crippen LogP contribution in [0.4, 0.5) is 0 Å². The van der Waals surface area contributed by atoms with Crippen LogP contribution < -0.4 is 0 Å². The molecule has 0 spiro atoms. The predicted octanol–water partition coefficient (Wildman–Crippen LogP) is 2.93. The molecular weight excluding hydrogens is 246 g/mol. The number of rotatable bonds is 0. The van der Waals surface area contributed by atoms with Crippen molar-refractivity contribution in [2.45, 2.75) is 18.3 Å². The number of carbonyl (C=O) groups is 1. The second kappa shape index (κ2) is 4.20. The minimum absolute atomic E-state index is 0.000139. The monoisotopic (exact) mass is 263 g/mol. The molecule has 1 saturated heterocycles. The molecule has 20 heavy (non-hydrogen) atoms. The first-order chi connectivity index (χ1) is 9.75. The van der Waals surface area contributed by atoms with E-state index in [0.29, 0.717) is 5.92 Å². The first-order valence-corrected chi connectivity index (χ1v) is 7.16. The Labute approximate surface area is 119 Å². The molecule has 1 amide bonds. The van der Waals surface area contributed by atoms with Crippen LogP contribution in [0.15, 0.2) is 48.5 Å². The zero-order valence-electron chi connectivity index (χ0n) is 11.5. The topological polar surface area (TPSA) is 20.3 Å². The van der Waals surface area contributed by atoms with Gasteiger partial charge in [-0.2, -0.15) is 0 Å². The molecule has 4 rings (SSSR count). The molecule has 0 aromatic heterocycles. The van der Waals surface area contributed by atoms with E-state index >= 15 is 0 Å². The Hall–Kier alpha value is -2.09. The maximum Gasteiger partial charge on any atom is 0.230 e. The Morgan fingerprint density at radius 2 is 1.55 bits per heavy atom. The molecule has 0 saturated carbocycles. The number of benzene rings is 2. The van der Waals surface area contributed by atoms with Crippen molar-refractivity contribution in [3.8, 4) is 0 Å². The van der Waals surface area contributed by atoms with E-state index in [0.717, 1.165) is 13.0 Å². The van der Waals surface area contributed by atoms with Crippen LogP contribution in [0.2, 0.25) is 0 Å². The normalized spacial score (nSPS) is 23.9. The van der Waals surface area contributed by atoms with Crippen molar-refractivity contribution < 1.29 is 4.79 Å². The molecule has 2 nitrogen and oxygen atoms in total. The largest absolute Gasteiger partial charge is 0.345 e. The van der Waals surface area contributed by atoms with Crippen LogP contribution in [0.1, 0.15) is 34.1 Å². The van der Waals surface area contributed by atoms with Gasteiger partial charge in [0.05, 0.1) is 5.92 Å². The number of hydrogen-bond donors (Lipinski definition) is 0. The van der Waals surface area contributed by atoms with Gasteiger partial charge in [-0.1, -0.05) is 48.5 Å². The standard InChI is InChI=1S/C18H17NO/c1-19-11-16-14-8-4-2-6-12(14)10-13-7-3-5-9-15(13)17(16)18(19)20/h2-9,16-17H,10-11H2,1H3/t16-,17+/m1/s1. The van der Waals surface area contributed by atoms with Gasteiger partial charge in [0.25, 0.3) is 0 Å². The van der Waals surface area contributed by atoms with E-state index < -0.39 is 0 Å². The van der Waals surface area contributed by atoms with Crippen LogP contribution in [-0.4, -0.2) is 24.4 Å². The fourth-order valence-electron chi connectivity index (χ4n) is 3.79. The summed E-state index contributed by atoms with van der Waals surface area (Å²) in [5.41, 5.74) is 5.25. The van der Waals surface area contributed by atoms with Crippen molar-refractivity contribution in [2.24, 2.45) is 0 Å². The average Bonchev–Trinajstić information content (AvgIpc) is 2.68. The van der Waals surface area contributed by atoms with E-state index in [4.69, 9.17) is 0 Å². The molecule has 0 bridgehead atoms. The maximum absolute atomic E-state index is 12.6. The predicted molar refractivity (Wildman–Crippen MR) is 78.8 cm³/mol. The number of likely N-dealkylation sites (N-methyl/N-ethyl adjacent to an activating group) is 1. The minimum atomic E-state index is -0.000139. The summed E-state index contributed by atoms with van der Waals surface area (Å²) in [6, 6.07) is 17.0. The van der Waals surface area contributed by atoms with E-state index in [1.807, 2.05) is 11.9 Å². The summed E-state index contributed by atoms with van der Waals surface area (Å²) < 4.78 is 0. The quantitative estimate of drug-likeness (QED) is 0.715. The van der Waals surface area contributed by atoms with Gasteiger partial charge in [0.2, 0.25) is 5.91 Å². The number of fused-ring (bicyclic) bond motifs is 5. The summed E-state index contributed by atoms with van der Waals surface area (Å²) in [5.74, 6) is 0.561. The Kier molecular flexibility index (Phi) is 2.46. The minimum Gasteiger partial charge on any atom is -0.345 e. The highest BCUT2D eigenvalue weighted by molar-refractivity contribution is 5.88. The Bertz CT molecular complexity index is 691. The third kappa shape index (κ3) is 1.54. The lowest BCUT2D eigenvalue weighted by molar-refractivity contribution is -0.127. The van der Waals surface area contributed by atoms with Gasteiger partial charge in [-0.15, -0.1) is 0 Å². The van der Waals surface area contributed by atoms with Gasteiger partial charge in [0.15, 0.2) is 0 Å². The number of hydrogen-bond acceptors (Lipinski definition) is 1. The SMILES string of the molecule is CN1C[C@@H]2c3ccccc3Cc3ccccc3[C@@H]2C1=O. The summed E-state index contributed by atoms with van der Waals surface area (Å²) >= 11 is 0. The van der Waals surface area contributed by atoms with Crippen molar-refractivity contribution in [2.75, 3.05) is 13.6 Å². The third-order valence-corrected chi connectivity index (χ3v) is 4.74. The maximum atomic E-state index is 12.6. The average molecular weight is 263 g/mol. The van der Waals surface area contributed by atoms with Gasteiger partial charge < -0.3 is 4.90 Å². The van der Waals surface area contributed by atoms with Gasteiger partial charge in [-0.3, -0.25) is 4.79 Å². The smallest absolute Gasteiger partial charge is 0.230 e. The second-order valence-electron chi connectivity index (χ2n) is 5.88. The van der Waals surface area contributed by atoms with E-state index in [-0.39, 0.29) is 11.8 Å². The molecule has 1 fully saturated rings. The molecule has 2 heteroatoms. The highest BCUT2D eigenvalue weighted by atomic mass is 16.2. The van der Waals surface area contributed by atoms with Crippen molar-refractivity contribution in [3.63, 3.8) is 0 Å². The van der Waals surface area contributed by atoms with Crippen LogP contribution in [0.25, 0.3) is 0 Å². The Balaban J connectivity index is 1.98. The Morgan fingerprint density at radius 1 is 0.950 bits per heavy atom. The molecule has 1 aliphatic carbocycles. The van der Waals surface area contributed by atoms with E-state index in [1.165, 1.54) is 22.3 Å². The van der Waals surface area contributed by atoms with E-state index in [1.54, 1.807) is 0 Å². The van der Waals surface area contributed by atoms with Crippen LogP contribution >= 0.6 is 0 Å². The molecule has 100 valence electrons. The summed E-state index contributed by atoms with van der Waals surface area (Å²) in [6.07, 6.45) is 0.941. The summed E-state index contributed by atoms with van der Waals surface area (Å²) in [5, 5.41) is 0. The van der Waals surface area contributed by atoms with Gasteiger partial charge in [-0.25, -0.2) is 0 Å². The summed E-state index contributed by atoms with van der Waals surface area (Å²) in [4.78, 5) is 14.5. The van der Waals surface area contributed by atoms with Gasteiger partial charge in [-0.05, 0) is 28.7 Å². The molecular formula is C18H17NO. The lowest BCUT2D eigenvalue weighted by Gasteiger charge is -2.17. The van der Waals surface area contributed by atoms with Crippen molar-refractivity contribution in [1.82, 2.24) is 4.90 Å². The molecule has 1 heterocycles. The number of likely N-dealkylation sites (tertiary alicyclic amines) is 1. The lowest BCUT2D eigenvalue weighted by atomic mass is 9.84. The molecule has 0 N–H and O–H groups in total. The second-order valence-corrected chi connectivity index (χ2v) is 5.88. The van der Waals surface area contributed by atoms with Crippen molar-refractivity contribution in [1.29, 1.82) is 0 Å². The molecule has 0 unspecified atom stereocenters. The van der Waals surface area contributed by atoms with E-state index in [2.05, 4.69) is 48.5 Å². The lowest BCUT2D eigenvalue weighted by Crippen LogP contribution is -2.22. The summed E-state index contributed by atoms with van der Waals surface area (Å²) in [7, 11) is 1.92. The van der Waals surface area contributed by atoms with Gasteiger partial charge in [0, 0.05) is 19.5 Å². The zero-order chi connectivity index (χ0) is 13.7. The van der Waals surface area contributed by atoms with Crippen LogP contribution in [0.3, 0.4) is 0 Å². The van der Waals surface area contributed by atoms with E-state index in [9.17, 15) is 4.79 Å². The first-order valence-electron chi connectivity index (χ1n) is 7.16. The van der Waals surface area contributed by atoms with Crippen molar-refractivity contribution >= 4 is 5.91 Å². The van der Waals surface area contributed by atoms with Crippen LogP contribution in [-0.2, 0) is 11.2 Å². The third-order valence-electron chi connectivity index (χ3n) is 4.74. The van der Waals surface area contributed by atoms with Gasteiger partial charge in [0.1, 0.15) is 0 Å². The highest BCUT2D eigenvalue weighted by Crippen LogP contribution is 2.45. The highest BCUT2D eigenvalue weighted by Gasteiger charge is 2.43. The number of carbonyl (C=O) groups excluding carboxylic acids is 1. The molecule has 2 aromatic carbocycles. The molecule has 2 atom stereocenters. The Morgan fingerprint density at radius 3 is 2.30 bits per heavy atom. The molecule has 0 radical (unpaired) electrons. The molecule has 2 aromatic rings. The van der Waals surface area contributed by atoms with Gasteiger partial charge >= 0.3 is 0 Å². The summed E-state index contributed by atoms with van der Waals surface area (Å²) in [6.45, 7) is 0.828. The molecule has 2 aliphatic rings. The van der Waals surface area contributed by atoms with Crippen LogP contribution in [0, 0.1) is 0 Å². The first kappa shape index (κ1) is 11.7. The van der Waals surface area contributed by atoms with Crippen LogP contribution in [0.5, 0.6) is 0 Å². The fourth-order valence-corrected chi connectivity index (χ4v) is 3.79. The molecule has 1 aliphatic heterocycles. The zero-order valence-corrected chi connectivity index (χ0v) is 11.5. The van der Waals surface area contributed by atoms with Crippen molar-refractivity contribution in [3.05, 3.63) is 70.8 Å². The fraction of sp³-hybridized carbons (Fsp3) is 0.278.